The van der Waals surface area contributed by atoms with E-state index in [1.54, 1.807) is 11.5 Å². The molecule has 1 aromatic heterocycles. The Morgan fingerprint density at radius 2 is 2.15 bits per heavy atom. The first-order chi connectivity index (χ1) is 6.11. The van der Waals surface area contributed by atoms with Crippen LogP contribution in [0.4, 0.5) is 0 Å². The summed E-state index contributed by atoms with van der Waals surface area (Å²) < 4.78 is 6.84. The SMILES string of the molecule is CCc1c(C)oc(C(=O)O)[n+]1CC. The molecule has 72 valence electrons. The Bertz CT molecular complexity index is 328. The monoisotopic (exact) mass is 184 g/mol. The molecule has 13 heavy (non-hydrogen) atoms. The van der Waals surface area contributed by atoms with Crippen molar-refractivity contribution in [1.29, 1.82) is 0 Å². The van der Waals surface area contributed by atoms with E-state index in [1.807, 2.05) is 13.8 Å². The van der Waals surface area contributed by atoms with E-state index in [9.17, 15) is 4.79 Å². The molecule has 0 aromatic carbocycles. The molecule has 0 saturated heterocycles. The molecule has 1 N–H and O–H groups in total. The second-order valence-electron chi connectivity index (χ2n) is 2.81. The maximum absolute atomic E-state index is 10.7. The second kappa shape index (κ2) is 3.60. The van der Waals surface area contributed by atoms with Crippen molar-refractivity contribution in [3.05, 3.63) is 17.3 Å². The van der Waals surface area contributed by atoms with Gasteiger partial charge in [0.25, 0.3) is 0 Å². The van der Waals surface area contributed by atoms with Crippen molar-refractivity contribution in [3.63, 3.8) is 0 Å². The fourth-order valence-electron chi connectivity index (χ4n) is 1.51. The van der Waals surface area contributed by atoms with Crippen LogP contribution in [-0.2, 0) is 13.0 Å². The summed E-state index contributed by atoms with van der Waals surface area (Å²) in [4.78, 5) is 10.7. The van der Waals surface area contributed by atoms with E-state index in [4.69, 9.17) is 9.52 Å². The van der Waals surface area contributed by atoms with E-state index < -0.39 is 5.97 Å². The summed E-state index contributed by atoms with van der Waals surface area (Å²) in [5.41, 5.74) is 0.958. The minimum absolute atomic E-state index is 0.0249. The molecule has 0 unspecified atom stereocenters. The van der Waals surface area contributed by atoms with Gasteiger partial charge in [0, 0.05) is 13.3 Å². The van der Waals surface area contributed by atoms with Crippen LogP contribution in [0.2, 0.25) is 0 Å². The third-order valence-corrected chi connectivity index (χ3v) is 2.06. The Morgan fingerprint density at radius 1 is 1.54 bits per heavy atom. The lowest BCUT2D eigenvalue weighted by Gasteiger charge is -1.90. The smallest absolute Gasteiger partial charge is 0.461 e. The van der Waals surface area contributed by atoms with E-state index in [0.717, 1.165) is 12.1 Å². The molecular formula is C9H14NO3+. The minimum atomic E-state index is -1.01. The van der Waals surface area contributed by atoms with Crippen molar-refractivity contribution in [1.82, 2.24) is 0 Å². The van der Waals surface area contributed by atoms with Crippen LogP contribution in [0.1, 0.15) is 36.0 Å². The molecule has 0 atom stereocenters. The minimum Gasteiger partial charge on any atom is -0.471 e. The predicted octanol–water partition coefficient (Wildman–Crippen LogP) is 1.16. The van der Waals surface area contributed by atoms with Crippen molar-refractivity contribution < 1.29 is 18.9 Å². The number of oxazole rings is 1. The normalized spacial score (nSPS) is 10.4. The van der Waals surface area contributed by atoms with Crippen LogP contribution in [0, 0.1) is 6.92 Å². The Kier molecular flexibility index (Phi) is 2.70. The van der Waals surface area contributed by atoms with Gasteiger partial charge in [0.15, 0.2) is 5.76 Å². The quantitative estimate of drug-likeness (QED) is 0.717. The summed E-state index contributed by atoms with van der Waals surface area (Å²) in [7, 11) is 0. The molecule has 0 aliphatic rings. The number of rotatable bonds is 3. The zero-order chi connectivity index (χ0) is 10.0. The van der Waals surface area contributed by atoms with Crippen LogP contribution < -0.4 is 4.57 Å². The number of carboxylic acids is 1. The Balaban J connectivity index is 3.29. The Hall–Kier alpha value is -1.32. The topological polar surface area (TPSA) is 54.3 Å². The molecule has 0 aliphatic carbocycles. The average molecular weight is 184 g/mol. The van der Waals surface area contributed by atoms with Crippen molar-refractivity contribution in [2.24, 2.45) is 0 Å². The van der Waals surface area contributed by atoms with Crippen molar-refractivity contribution in [2.45, 2.75) is 33.7 Å². The fraction of sp³-hybridized carbons (Fsp3) is 0.556. The highest BCUT2D eigenvalue weighted by Crippen LogP contribution is 2.08. The maximum Gasteiger partial charge on any atom is 0.461 e. The van der Waals surface area contributed by atoms with Gasteiger partial charge in [-0.25, -0.2) is 4.79 Å². The highest BCUT2D eigenvalue weighted by atomic mass is 16.4. The van der Waals surface area contributed by atoms with Gasteiger partial charge in [0.2, 0.25) is 5.69 Å². The van der Waals surface area contributed by atoms with E-state index in [-0.39, 0.29) is 5.89 Å². The number of aromatic nitrogens is 1. The molecule has 1 rings (SSSR count). The highest BCUT2D eigenvalue weighted by molar-refractivity contribution is 5.80. The molecule has 0 spiro atoms. The predicted molar refractivity (Wildman–Crippen MR) is 45.7 cm³/mol. The summed E-state index contributed by atoms with van der Waals surface area (Å²) >= 11 is 0. The van der Waals surface area contributed by atoms with E-state index in [1.165, 1.54) is 0 Å². The molecule has 4 heteroatoms. The standard InChI is InChI=1S/C9H13NO3/c1-4-7-6(3)13-8(9(11)12)10(7)5-2/h4-5H2,1-3H3/p+1. The van der Waals surface area contributed by atoms with E-state index in [2.05, 4.69) is 0 Å². The van der Waals surface area contributed by atoms with Gasteiger partial charge in [-0.3, -0.25) is 0 Å². The van der Waals surface area contributed by atoms with Gasteiger partial charge in [0.05, 0.1) is 0 Å². The van der Waals surface area contributed by atoms with Crippen LogP contribution in [0.15, 0.2) is 4.42 Å². The molecular weight excluding hydrogens is 170 g/mol. The van der Waals surface area contributed by atoms with Gasteiger partial charge in [-0.05, 0) is 6.92 Å². The summed E-state index contributed by atoms with van der Waals surface area (Å²) in [5, 5.41) is 8.82. The number of aryl methyl sites for hydroxylation is 1. The second-order valence-corrected chi connectivity index (χ2v) is 2.81. The van der Waals surface area contributed by atoms with Crippen LogP contribution in [0.25, 0.3) is 0 Å². The molecule has 0 saturated carbocycles. The molecule has 4 nitrogen and oxygen atoms in total. The lowest BCUT2D eigenvalue weighted by Crippen LogP contribution is -2.40. The molecule has 0 aliphatic heterocycles. The number of carbonyl (C=O) groups is 1. The molecule has 0 bridgehead atoms. The van der Waals surface area contributed by atoms with Gasteiger partial charge in [0.1, 0.15) is 6.54 Å². The van der Waals surface area contributed by atoms with Crippen LogP contribution in [0.5, 0.6) is 0 Å². The Morgan fingerprint density at radius 3 is 2.54 bits per heavy atom. The largest absolute Gasteiger partial charge is 0.471 e. The van der Waals surface area contributed by atoms with Crippen LogP contribution in [-0.4, -0.2) is 11.1 Å². The van der Waals surface area contributed by atoms with Crippen molar-refractivity contribution >= 4 is 5.97 Å². The van der Waals surface area contributed by atoms with Crippen LogP contribution in [0.3, 0.4) is 0 Å². The van der Waals surface area contributed by atoms with Gasteiger partial charge in [-0.2, -0.15) is 4.57 Å². The first-order valence-electron chi connectivity index (χ1n) is 4.37. The zero-order valence-electron chi connectivity index (χ0n) is 8.13. The fourth-order valence-corrected chi connectivity index (χ4v) is 1.51. The van der Waals surface area contributed by atoms with E-state index >= 15 is 0 Å². The summed E-state index contributed by atoms with van der Waals surface area (Å²) in [6.07, 6.45) is 0.788. The zero-order valence-corrected chi connectivity index (χ0v) is 8.13. The molecule has 0 fully saturated rings. The van der Waals surface area contributed by atoms with E-state index in [0.29, 0.717) is 12.3 Å². The van der Waals surface area contributed by atoms with Crippen molar-refractivity contribution in [2.75, 3.05) is 0 Å². The van der Waals surface area contributed by atoms with Gasteiger partial charge >= 0.3 is 11.9 Å². The summed E-state index contributed by atoms with van der Waals surface area (Å²) in [6.45, 7) is 6.30. The number of hydrogen-bond acceptors (Lipinski definition) is 2. The first kappa shape index (κ1) is 9.77. The molecule has 1 aromatic rings. The van der Waals surface area contributed by atoms with Crippen LogP contribution >= 0.6 is 0 Å². The molecule has 1 heterocycles. The number of nitrogens with zero attached hydrogens (tertiary/aromatic N) is 1. The van der Waals surface area contributed by atoms with Crippen molar-refractivity contribution in [3.8, 4) is 0 Å². The first-order valence-corrected chi connectivity index (χ1v) is 4.37. The third kappa shape index (κ3) is 1.56. The highest BCUT2D eigenvalue weighted by Gasteiger charge is 2.29. The lowest BCUT2D eigenvalue weighted by atomic mass is 10.3. The lowest BCUT2D eigenvalue weighted by molar-refractivity contribution is -0.705. The van der Waals surface area contributed by atoms with Gasteiger partial charge in [-0.15, -0.1) is 0 Å². The number of hydrogen-bond donors (Lipinski definition) is 1. The third-order valence-electron chi connectivity index (χ3n) is 2.06. The molecule has 0 amide bonds. The summed E-state index contributed by atoms with van der Waals surface area (Å²) in [5.74, 6) is -0.289. The maximum atomic E-state index is 10.7. The number of carboxylic acid groups (broad SMARTS) is 1. The Labute approximate surface area is 76.8 Å². The summed E-state index contributed by atoms with van der Waals surface area (Å²) in [6, 6.07) is 0. The molecule has 0 radical (unpaired) electrons. The van der Waals surface area contributed by atoms with Gasteiger partial charge in [-0.1, -0.05) is 6.92 Å². The average Bonchev–Trinajstić information content (AvgIpc) is 2.41. The number of aromatic carboxylic acids is 1. The van der Waals surface area contributed by atoms with Gasteiger partial charge < -0.3 is 9.52 Å².